The molecule has 1 N–H and O–H groups in total. The van der Waals surface area contributed by atoms with Gasteiger partial charge in [-0.15, -0.1) is 6.42 Å². The minimum absolute atomic E-state index is 0.0615. The van der Waals surface area contributed by atoms with Gasteiger partial charge in [-0.05, 0) is 41.0 Å². The molecular formula is C24H22N2O3S. The van der Waals surface area contributed by atoms with Crippen LogP contribution >= 0.6 is 0 Å². The number of benzene rings is 3. The van der Waals surface area contributed by atoms with Crippen LogP contribution in [-0.4, -0.2) is 32.8 Å². The van der Waals surface area contributed by atoms with Gasteiger partial charge in [-0.25, -0.2) is 8.42 Å². The van der Waals surface area contributed by atoms with E-state index in [1.807, 2.05) is 54.6 Å². The first-order valence-electron chi connectivity index (χ1n) is 9.34. The Balaban J connectivity index is 1.77. The van der Waals surface area contributed by atoms with Crippen molar-refractivity contribution in [3.05, 3.63) is 90.0 Å². The molecule has 0 saturated heterocycles. The lowest BCUT2D eigenvalue weighted by Crippen LogP contribution is -2.27. The van der Waals surface area contributed by atoms with Crippen LogP contribution in [0.25, 0.3) is 11.1 Å². The number of hydrogen-bond acceptors (Lipinski definition) is 3. The Kier molecular flexibility index (Phi) is 6.68. The number of carbonyl (C=O) groups excluding carboxylic acids is 1. The standard InChI is InChI=1S/C24H22N2O3S/c1-3-17-25-30(28,29)22-15-13-20(14-16-22)24(27)26(2)18-21-11-7-8-12-23(21)19-9-5-4-6-10-19/h1,4-16,25H,17-18H2,2H3. The van der Waals surface area contributed by atoms with Gasteiger partial charge >= 0.3 is 0 Å². The van der Waals surface area contributed by atoms with Gasteiger partial charge in [-0.1, -0.05) is 60.5 Å². The van der Waals surface area contributed by atoms with Gasteiger partial charge in [-0.2, -0.15) is 4.72 Å². The molecule has 3 aromatic carbocycles. The topological polar surface area (TPSA) is 66.5 Å². The Labute approximate surface area is 177 Å². The summed E-state index contributed by atoms with van der Waals surface area (Å²) in [6.45, 7) is 0.334. The molecule has 0 unspecified atom stereocenters. The predicted molar refractivity (Wildman–Crippen MR) is 118 cm³/mol. The van der Waals surface area contributed by atoms with Crippen LogP contribution in [-0.2, 0) is 16.6 Å². The Morgan fingerprint density at radius 1 is 0.967 bits per heavy atom. The van der Waals surface area contributed by atoms with Crippen LogP contribution in [0.2, 0.25) is 0 Å². The minimum atomic E-state index is -3.69. The highest BCUT2D eigenvalue weighted by atomic mass is 32.2. The second-order valence-electron chi connectivity index (χ2n) is 6.74. The first-order chi connectivity index (χ1) is 14.4. The number of hydrogen-bond donors (Lipinski definition) is 1. The molecule has 152 valence electrons. The van der Waals surface area contributed by atoms with Crippen molar-refractivity contribution < 1.29 is 13.2 Å². The fraction of sp³-hybridized carbons (Fsp3) is 0.125. The van der Waals surface area contributed by atoms with Crippen LogP contribution in [0.5, 0.6) is 0 Å². The smallest absolute Gasteiger partial charge is 0.253 e. The molecular weight excluding hydrogens is 396 g/mol. The molecule has 0 fully saturated rings. The Hall–Kier alpha value is -3.40. The van der Waals surface area contributed by atoms with E-state index in [1.54, 1.807) is 11.9 Å². The van der Waals surface area contributed by atoms with Crippen molar-refractivity contribution in [3.63, 3.8) is 0 Å². The highest BCUT2D eigenvalue weighted by Gasteiger charge is 2.17. The fourth-order valence-electron chi connectivity index (χ4n) is 3.10. The van der Waals surface area contributed by atoms with Crippen molar-refractivity contribution in [3.8, 4) is 23.5 Å². The molecule has 30 heavy (non-hydrogen) atoms. The van der Waals surface area contributed by atoms with E-state index in [4.69, 9.17) is 6.42 Å². The summed E-state index contributed by atoms with van der Waals surface area (Å²) in [6.07, 6.45) is 5.09. The van der Waals surface area contributed by atoms with E-state index >= 15 is 0 Å². The van der Waals surface area contributed by atoms with E-state index in [0.717, 1.165) is 16.7 Å². The third-order valence-electron chi connectivity index (χ3n) is 4.63. The summed E-state index contributed by atoms with van der Waals surface area (Å²) < 4.78 is 26.5. The van der Waals surface area contributed by atoms with E-state index < -0.39 is 10.0 Å². The number of nitrogens with one attached hydrogen (secondary N) is 1. The van der Waals surface area contributed by atoms with E-state index in [9.17, 15) is 13.2 Å². The molecule has 5 nitrogen and oxygen atoms in total. The number of rotatable bonds is 7. The maximum atomic E-state index is 12.9. The molecule has 0 saturated carbocycles. The Morgan fingerprint density at radius 2 is 1.60 bits per heavy atom. The van der Waals surface area contributed by atoms with Crippen LogP contribution in [0, 0.1) is 12.3 Å². The molecule has 0 aliphatic heterocycles. The van der Waals surface area contributed by atoms with Gasteiger partial charge in [0.05, 0.1) is 11.4 Å². The molecule has 0 aliphatic carbocycles. The molecule has 3 aromatic rings. The number of terminal acetylenes is 1. The number of amides is 1. The number of sulfonamides is 1. The first kappa shape index (κ1) is 21.3. The molecule has 0 bridgehead atoms. The second-order valence-corrected chi connectivity index (χ2v) is 8.50. The molecule has 0 heterocycles. The zero-order valence-electron chi connectivity index (χ0n) is 16.6. The molecule has 0 spiro atoms. The highest BCUT2D eigenvalue weighted by Crippen LogP contribution is 2.24. The zero-order valence-corrected chi connectivity index (χ0v) is 17.4. The lowest BCUT2D eigenvalue weighted by molar-refractivity contribution is 0.0785. The van der Waals surface area contributed by atoms with Crippen LogP contribution in [0.4, 0.5) is 0 Å². The normalized spacial score (nSPS) is 10.9. The van der Waals surface area contributed by atoms with E-state index in [0.29, 0.717) is 12.1 Å². The third kappa shape index (κ3) is 4.95. The summed E-state index contributed by atoms with van der Waals surface area (Å²) >= 11 is 0. The fourth-order valence-corrected chi connectivity index (χ4v) is 4.04. The van der Waals surface area contributed by atoms with Crippen molar-refractivity contribution in [2.45, 2.75) is 11.4 Å². The van der Waals surface area contributed by atoms with E-state index in [1.165, 1.54) is 24.3 Å². The van der Waals surface area contributed by atoms with Gasteiger partial charge in [0.25, 0.3) is 5.91 Å². The third-order valence-corrected chi connectivity index (χ3v) is 6.05. The zero-order chi connectivity index (χ0) is 21.6. The molecule has 3 rings (SSSR count). The van der Waals surface area contributed by atoms with Crippen molar-refractivity contribution in [1.82, 2.24) is 9.62 Å². The predicted octanol–water partition coefficient (Wildman–Crippen LogP) is 3.54. The molecule has 0 aliphatic rings. The minimum Gasteiger partial charge on any atom is -0.337 e. The maximum absolute atomic E-state index is 12.9. The van der Waals surface area contributed by atoms with Crippen LogP contribution in [0.15, 0.2) is 83.8 Å². The van der Waals surface area contributed by atoms with Crippen molar-refractivity contribution >= 4 is 15.9 Å². The maximum Gasteiger partial charge on any atom is 0.253 e. The van der Waals surface area contributed by atoms with Crippen molar-refractivity contribution in [2.75, 3.05) is 13.6 Å². The van der Waals surface area contributed by atoms with Crippen molar-refractivity contribution in [2.24, 2.45) is 0 Å². The van der Waals surface area contributed by atoms with Gasteiger partial charge in [0.2, 0.25) is 10.0 Å². The summed E-state index contributed by atoms with van der Waals surface area (Å²) in [5.74, 6) is 2.03. The van der Waals surface area contributed by atoms with Crippen LogP contribution < -0.4 is 4.72 Å². The lowest BCUT2D eigenvalue weighted by Gasteiger charge is -2.20. The van der Waals surface area contributed by atoms with Gasteiger partial charge < -0.3 is 4.90 Å². The summed E-state index contributed by atoms with van der Waals surface area (Å²) in [4.78, 5) is 14.5. The molecule has 6 heteroatoms. The summed E-state index contributed by atoms with van der Waals surface area (Å²) in [7, 11) is -1.96. The summed E-state index contributed by atoms with van der Waals surface area (Å²) in [5.41, 5.74) is 3.59. The largest absolute Gasteiger partial charge is 0.337 e. The second kappa shape index (κ2) is 9.40. The monoisotopic (exact) mass is 418 g/mol. The van der Waals surface area contributed by atoms with Crippen LogP contribution in [0.3, 0.4) is 0 Å². The Morgan fingerprint density at radius 3 is 2.27 bits per heavy atom. The summed E-state index contributed by atoms with van der Waals surface area (Å²) in [5, 5.41) is 0. The molecule has 1 amide bonds. The van der Waals surface area contributed by atoms with Gasteiger partial charge in [0.1, 0.15) is 0 Å². The number of carbonyl (C=O) groups is 1. The van der Waals surface area contributed by atoms with E-state index in [-0.39, 0.29) is 17.3 Å². The quantitative estimate of drug-likeness (QED) is 0.597. The van der Waals surface area contributed by atoms with Crippen LogP contribution in [0.1, 0.15) is 15.9 Å². The van der Waals surface area contributed by atoms with E-state index in [2.05, 4.69) is 10.6 Å². The molecule has 0 aromatic heterocycles. The highest BCUT2D eigenvalue weighted by molar-refractivity contribution is 7.89. The van der Waals surface area contributed by atoms with Gasteiger partial charge in [-0.3, -0.25) is 4.79 Å². The lowest BCUT2D eigenvalue weighted by atomic mass is 9.99. The SMILES string of the molecule is C#CCNS(=O)(=O)c1ccc(C(=O)N(C)Cc2ccccc2-c2ccccc2)cc1. The molecule has 0 radical (unpaired) electrons. The molecule has 0 atom stereocenters. The van der Waals surface area contributed by atoms with Gasteiger partial charge in [0, 0.05) is 19.2 Å². The number of nitrogens with zero attached hydrogens (tertiary/aromatic N) is 1. The average molecular weight is 419 g/mol. The van der Waals surface area contributed by atoms with Crippen molar-refractivity contribution in [1.29, 1.82) is 0 Å². The summed E-state index contributed by atoms with van der Waals surface area (Å²) in [6, 6.07) is 23.8. The first-order valence-corrected chi connectivity index (χ1v) is 10.8. The average Bonchev–Trinajstić information content (AvgIpc) is 2.78. The van der Waals surface area contributed by atoms with Gasteiger partial charge in [0.15, 0.2) is 0 Å². The Bertz CT molecular complexity index is 1170.